The van der Waals surface area contributed by atoms with E-state index in [1.165, 1.54) is 0 Å². The second kappa shape index (κ2) is 9.13. The van der Waals surface area contributed by atoms with Gasteiger partial charge in [0.15, 0.2) is 0 Å². The Morgan fingerprint density at radius 2 is 1.95 bits per heavy atom. The summed E-state index contributed by atoms with van der Waals surface area (Å²) in [5, 5.41) is 3.60. The van der Waals surface area contributed by atoms with E-state index in [1.807, 2.05) is 12.1 Å². The maximum absolute atomic E-state index is 11.8. The topological polar surface area (TPSA) is 64.3 Å². The van der Waals surface area contributed by atoms with Gasteiger partial charge in [-0.25, -0.2) is 0 Å². The number of rotatable bonds is 5. The summed E-state index contributed by atoms with van der Waals surface area (Å²) < 4.78 is 5.50. The lowest BCUT2D eigenvalue weighted by Gasteiger charge is -2.26. The lowest BCUT2D eigenvalue weighted by Crippen LogP contribution is -2.40. The molecule has 0 unspecified atom stereocenters. The van der Waals surface area contributed by atoms with Gasteiger partial charge in [-0.15, -0.1) is 12.4 Å². The molecule has 0 heterocycles. The maximum atomic E-state index is 11.8. The summed E-state index contributed by atoms with van der Waals surface area (Å²) in [5.41, 5.74) is 5.84. The van der Waals surface area contributed by atoms with Crippen LogP contribution in [0.4, 0.5) is 0 Å². The van der Waals surface area contributed by atoms with Gasteiger partial charge in [-0.1, -0.05) is 23.7 Å². The molecule has 0 radical (unpaired) electrons. The number of carbonyl (C=O) groups is 1. The Morgan fingerprint density at radius 1 is 1.29 bits per heavy atom. The molecule has 2 rings (SSSR count). The molecule has 6 heteroatoms. The maximum Gasteiger partial charge on any atom is 0.223 e. The lowest BCUT2D eigenvalue weighted by molar-refractivity contribution is -0.122. The molecule has 0 bridgehead atoms. The molecule has 0 atom stereocenters. The molecule has 0 saturated heterocycles. The van der Waals surface area contributed by atoms with E-state index in [0.717, 1.165) is 25.7 Å². The van der Waals surface area contributed by atoms with Crippen molar-refractivity contribution < 1.29 is 9.53 Å². The van der Waals surface area contributed by atoms with E-state index in [-0.39, 0.29) is 24.4 Å². The number of hydrogen-bond acceptors (Lipinski definition) is 3. The second-order valence-corrected chi connectivity index (χ2v) is 5.62. The SMILES string of the molecule is Cl.NC1CCC(NC(=O)CCOc2ccccc2Cl)CC1. The number of carbonyl (C=O) groups excluding carboxylic acids is 1. The van der Waals surface area contributed by atoms with Crippen LogP contribution in [0.3, 0.4) is 0 Å². The van der Waals surface area contributed by atoms with Crippen LogP contribution in [0.5, 0.6) is 5.75 Å². The molecule has 118 valence electrons. The third-order valence-corrected chi connectivity index (χ3v) is 3.87. The van der Waals surface area contributed by atoms with Crippen molar-refractivity contribution in [2.24, 2.45) is 5.73 Å². The second-order valence-electron chi connectivity index (χ2n) is 5.21. The van der Waals surface area contributed by atoms with Crippen molar-refractivity contribution in [1.29, 1.82) is 0 Å². The Bertz CT molecular complexity index is 449. The van der Waals surface area contributed by atoms with Crippen LogP contribution in [-0.2, 0) is 4.79 Å². The zero-order valence-corrected chi connectivity index (χ0v) is 13.5. The first-order chi connectivity index (χ1) is 9.65. The zero-order chi connectivity index (χ0) is 14.4. The van der Waals surface area contributed by atoms with Gasteiger partial charge in [0.25, 0.3) is 0 Å². The number of halogens is 2. The molecule has 0 aromatic heterocycles. The molecule has 1 aromatic carbocycles. The van der Waals surface area contributed by atoms with E-state index in [2.05, 4.69) is 5.32 Å². The third kappa shape index (κ3) is 6.12. The zero-order valence-electron chi connectivity index (χ0n) is 11.9. The molecule has 3 N–H and O–H groups in total. The van der Waals surface area contributed by atoms with Crippen LogP contribution in [0.25, 0.3) is 0 Å². The van der Waals surface area contributed by atoms with Crippen molar-refractivity contribution in [3.8, 4) is 5.75 Å². The summed E-state index contributed by atoms with van der Waals surface area (Å²) in [7, 11) is 0. The van der Waals surface area contributed by atoms with Gasteiger partial charge in [0, 0.05) is 12.1 Å². The molecule has 0 aliphatic heterocycles. The number of nitrogens with two attached hydrogens (primary N) is 1. The molecule has 0 spiro atoms. The van der Waals surface area contributed by atoms with Gasteiger partial charge in [-0.3, -0.25) is 4.79 Å². The summed E-state index contributed by atoms with van der Waals surface area (Å²) >= 11 is 5.97. The number of nitrogens with one attached hydrogen (secondary N) is 1. The predicted octanol–water partition coefficient (Wildman–Crippen LogP) is 2.92. The van der Waals surface area contributed by atoms with E-state index >= 15 is 0 Å². The number of amides is 1. The van der Waals surface area contributed by atoms with Crippen molar-refractivity contribution in [3.63, 3.8) is 0 Å². The molecule has 1 saturated carbocycles. The highest BCUT2D eigenvalue weighted by Gasteiger charge is 2.19. The average molecular weight is 333 g/mol. The summed E-state index contributed by atoms with van der Waals surface area (Å²) in [6, 6.07) is 7.82. The van der Waals surface area contributed by atoms with Crippen LogP contribution in [0, 0.1) is 0 Å². The van der Waals surface area contributed by atoms with Crippen LogP contribution in [0.2, 0.25) is 5.02 Å². The monoisotopic (exact) mass is 332 g/mol. The molecule has 4 nitrogen and oxygen atoms in total. The first-order valence-electron chi connectivity index (χ1n) is 7.07. The highest BCUT2D eigenvalue weighted by Crippen LogP contribution is 2.23. The highest BCUT2D eigenvalue weighted by molar-refractivity contribution is 6.32. The Balaban J connectivity index is 0.00000220. The fourth-order valence-electron chi connectivity index (χ4n) is 2.38. The molecular weight excluding hydrogens is 311 g/mol. The molecule has 1 aromatic rings. The minimum absolute atomic E-state index is 0. The quantitative estimate of drug-likeness (QED) is 0.871. The molecule has 1 aliphatic rings. The molecule has 21 heavy (non-hydrogen) atoms. The van der Waals surface area contributed by atoms with Crippen LogP contribution in [-0.4, -0.2) is 24.6 Å². The van der Waals surface area contributed by atoms with Crippen LogP contribution in [0.15, 0.2) is 24.3 Å². The van der Waals surface area contributed by atoms with Gasteiger partial charge in [-0.2, -0.15) is 0 Å². The van der Waals surface area contributed by atoms with Gasteiger partial charge in [0.2, 0.25) is 5.91 Å². The fourth-order valence-corrected chi connectivity index (χ4v) is 2.57. The number of ether oxygens (including phenoxy) is 1. The Hall–Kier alpha value is -0.970. The first kappa shape index (κ1) is 18.1. The number of hydrogen-bond donors (Lipinski definition) is 2. The minimum atomic E-state index is 0. The van der Waals surface area contributed by atoms with Crippen LogP contribution < -0.4 is 15.8 Å². The minimum Gasteiger partial charge on any atom is -0.491 e. The summed E-state index contributed by atoms with van der Waals surface area (Å²) in [6.45, 7) is 0.335. The Kier molecular flexibility index (Phi) is 7.86. The highest BCUT2D eigenvalue weighted by atomic mass is 35.5. The van der Waals surface area contributed by atoms with Gasteiger partial charge in [0.1, 0.15) is 5.75 Å². The van der Waals surface area contributed by atoms with Crippen molar-refractivity contribution in [1.82, 2.24) is 5.32 Å². The Morgan fingerprint density at radius 3 is 2.62 bits per heavy atom. The normalized spacial score (nSPS) is 21.2. The summed E-state index contributed by atoms with van der Waals surface area (Å²) in [6.07, 6.45) is 4.26. The fraction of sp³-hybridized carbons (Fsp3) is 0.533. The third-order valence-electron chi connectivity index (χ3n) is 3.56. The van der Waals surface area contributed by atoms with Gasteiger partial charge >= 0.3 is 0 Å². The number of para-hydroxylation sites is 1. The van der Waals surface area contributed by atoms with Crippen molar-refractivity contribution in [2.45, 2.75) is 44.2 Å². The first-order valence-corrected chi connectivity index (χ1v) is 7.45. The number of benzene rings is 1. The largest absolute Gasteiger partial charge is 0.491 e. The van der Waals surface area contributed by atoms with Crippen molar-refractivity contribution in [3.05, 3.63) is 29.3 Å². The van der Waals surface area contributed by atoms with Gasteiger partial charge in [-0.05, 0) is 37.8 Å². The van der Waals surface area contributed by atoms with E-state index in [0.29, 0.717) is 29.8 Å². The molecular formula is C15H22Cl2N2O2. The van der Waals surface area contributed by atoms with Crippen LogP contribution in [0.1, 0.15) is 32.1 Å². The molecule has 1 aliphatic carbocycles. The molecule has 1 fully saturated rings. The summed E-state index contributed by atoms with van der Waals surface area (Å²) in [5.74, 6) is 0.642. The van der Waals surface area contributed by atoms with Crippen molar-refractivity contribution >= 4 is 29.9 Å². The summed E-state index contributed by atoms with van der Waals surface area (Å²) in [4.78, 5) is 11.8. The lowest BCUT2D eigenvalue weighted by atomic mass is 9.92. The van der Waals surface area contributed by atoms with Crippen LogP contribution >= 0.6 is 24.0 Å². The smallest absolute Gasteiger partial charge is 0.223 e. The van der Waals surface area contributed by atoms with E-state index < -0.39 is 0 Å². The van der Waals surface area contributed by atoms with E-state index in [1.54, 1.807) is 12.1 Å². The van der Waals surface area contributed by atoms with E-state index in [9.17, 15) is 4.79 Å². The Labute approximate surface area is 136 Å². The standard InChI is InChI=1S/C15H21ClN2O2.ClH/c16-13-3-1-2-4-14(13)20-10-9-15(19)18-12-7-5-11(17)6-8-12;/h1-4,11-12H,5-10,17H2,(H,18,19);1H. The predicted molar refractivity (Wildman–Crippen MR) is 87.2 cm³/mol. The van der Waals surface area contributed by atoms with Crippen molar-refractivity contribution in [2.75, 3.05) is 6.61 Å². The molecule has 1 amide bonds. The van der Waals surface area contributed by atoms with Gasteiger partial charge in [0.05, 0.1) is 18.1 Å². The van der Waals surface area contributed by atoms with E-state index in [4.69, 9.17) is 22.1 Å². The van der Waals surface area contributed by atoms with Gasteiger partial charge < -0.3 is 15.8 Å². The average Bonchev–Trinajstić information content (AvgIpc) is 2.43.